The van der Waals surface area contributed by atoms with Gasteiger partial charge in [-0.1, -0.05) is 0 Å². The van der Waals surface area contributed by atoms with Gasteiger partial charge in [0.25, 0.3) is 5.91 Å². The lowest BCUT2D eigenvalue weighted by Gasteiger charge is -2.06. The third kappa shape index (κ3) is 3.84. The lowest BCUT2D eigenvalue weighted by molar-refractivity contribution is -0.120. The number of carbonyl (C=O) groups excluding carboxylic acids is 2. The number of nitrogens with two attached hydrogens (primary N) is 1. The number of hydrogen-bond acceptors (Lipinski definition) is 4. The summed E-state index contributed by atoms with van der Waals surface area (Å²) in [6, 6.07) is 6.47. The Morgan fingerprint density at radius 2 is 1.95 bits per heavy atom. The molecule has 0 radical (unpaired) electrons. The molecule has 0 aliphatic rings. The normalized spacial score (nSPS) is 10.0. The van der Waals surface area contributed by atoms with Crippen molar-refractivity contribution in [3.8, 4) is 0 Å². The maximum absolute atomic E-state index is 11.7. The molecule has 2 rings (SSSR count). The van der Waals surface area contributed by atoms with Gasteiger partial charge in [0.15, 0.2) is 0 Å². The van der Waals surface area contributed by atoms with Gasteiger partial charge in [0.2, 0.25) is 5.91 Å². The number of anilines is 1. The molecule has 1 heterocycles. The quantitative estimate of drug-likeness (QED) is 0.576. The van der Waals surface area contributed by atoms with Crippen molar-refractivity contribution in [2.75, 3.05) is 12.3 Å². The number of aromatic nitrogens is 2. The second kappa shape index (κ2) is 6.37. The van der Waals surface area contributed by atoms with Gasteiger partial charge in [-0.2, -0.15) is 0 Å². The Morgan fingerprint density at radius 3 is 2.60 bits per heavy atom. The van der Waals surface area contributed by atoms with E-state index < -0.39 is 0 Å². The molecule has 0 fully saturated rings. The van der Waals surface area contributed by atoms with Crippen LogP contribution in [0.2, 0.25) is 0 Å². The van der Waals surface area contributed by atoms with Crippen molar-refractivity contribution >= 4 is 17.5 Å². The van der Waals surface area contributed by atoms with E-state index in [2.05, 4.69) is 20.6 Å². The summed E-state index contributed by atoms with van der Waals surface area (Å²) in [4.78, 5) is 30.1. The summed E-state index contributed by atoms with van der Waals surface area (Å²) in [5.74, 6) is 0.0477. The van der Waals surface area contributed by atoms with Crippen molar-refractivity contribution in [2.45, 2.75) is 6.54 Å². The van der Waals surface area contributed by atoms with Crippen LogP contribution in [0.1, 0.15) is 16.2 Å². The zero-order valence-electron chi connectivity index (χ0n) is 10.7. The number of H-pyrrole nitrogens is 1. The molecule has 7 heteroatoms. The number of rotatable bonds is 5. The number of nitrogens with zero attached hydrogens (tertiary/aromatic N) is 1. The Hall–Kier alpha value is -2.83. The first-order chi connectivity index (χ1) is 9.65. The first kappa shape index (κ1) is 13.6. The highest BCUT2D eigenvalue weighted by Gasteiger charge is 2.07. The van der Waals surface area contributed by atoms with E-state index in [0.29, 0.717) is 23.6 Å². The monoisotopic (exact) mass is 273 g/mol. The first-order valence-corrected chi connectivity index (χ1v) is 6.04. The molecule has 0 bridgehead atoms. The third-order valence-corrected chi connectivity index (χ3v) is 2.59. The van der Waals surface area contributed by atoms with Gasteiger partial charge < -0.3 is 21.4 Å². The molecule has 20 heavy (non-hydrogen) atoms. The molecule has 104 valence electrons. The second-order valence-corrected chi connectivity index (χ2v) is 4.12. The summed E-state index contributed by atoms with van der Waals surface area (Å²) in [6.07, 6.45) is 3.27. The van der Waals surface area contributed by atoms with E-state index in [0.717, 1.165) is 0 Å². The minimum atomic E-state index is -0.321. The Bertz CT molecular complexity index is 577. The number of nitrogens with one attached hydrogen (secondary N) is 3. The zero-order chi connectivity index (χ0) is 14.4. The van der Waals surface area contributed by atoms with Gasteiger partial charge in [0.05, 0.1) is 13.1 Å². The average Bonchev–Trinajstić information content (AvgIpc) is 2.96. The van der Waals surface area contributed by atoms with Crippen LogP contribution in [0.4, 0.5) is 5.69 Å². The predicted molar refractivity (Wildman–Crippen MR) is 73.6 cm³/mol. The molecule has 0 aliphatic carbocycles. The van der Waals surface area contributed by atoms with Gasteiger partial charge in [0, 0.05) is 23.6 Å². The number of nitrogen functional groups attached to an aromatic ring is 1. The van der Waals surface area contributed by atoms with Crippen molar-refractivity contribution in [1.82, 2.24) is 20.6 Å². The smallest absolute Gasteiger partial charge is 0.251 e. The van der Waals surface area contributed by atoms with Crippen LogP contribution in [-0.4, -0.2) is 28.3 Å². The summed E-state index contributed by atoms with van der Waals surface area (Å²) < 4.78 is 0. The molecule has 0 aliphatic heterocycles. The van der Waals surface area contributed by atoms with Crippen molar-refractivity contribution in [1.29, 1.82) is 0 Å². The summed E-state index contributed by atoms with van der Waals surface area (Å²) in [5, 5.41) is 5.16. The van der Waals surface area contributed by atoms with E-state index in [1.165, 1.54) is 0 Å². The number of imidazole rings is 1. The molecular weight excluding hydrogens is 258 g/mol. The lowest BCUT2D eigenvalue weighted by atomic mass is 10.2. The van der Waals surface area contributed by atoms with E-state index >= 15 is 0 Å². The fraction of sp³-hybridized carbons (Fsp3) is 0.154. The molecule has 2 aromatic rings. The third-order valence-electron chi connectivity index (χ3n) is 2.59. The molecule has 0 saturated heterocycles. The molecular formula is C13H15N5O2. The largest absolute Gasteiger partial charge is 0.399 e. The maximum Gasteiger partial charge on any atom is 0.251 e. The molecule has 2 amide bonds. The van der Waals surface area contributed by atoms with Crippen molar-refractivity contribution < 1.29 is 9.59 Å². The number of hydrogen-bond donors (Lipinski definition) is 4. The molecule has 0 unspecified atom stereocenters. The summed E-state index contributed by atoms with van der Waals surface area (Å²) in [5.41, 5.74) is 6.57. The van der Waals surface area contributed by atoms with Crippen LogP contribution in [0.3, 0.4) is 0 Å². The minimum absolute atomic E-state index is 0.0933. The van der Waals surface area contributed by atoms with Crippen LogP contribution in [0, 0.1) is 0 Å². The van der Waals surface area contributed by atoms with Gasteiger partial charge in [-0.05, 0) is 24.3 Å². The van der Waals surface area contributed by atoms with Crippen LogP contribution < -0.4 is 16.4 Å². The number of carbonyl (C=O) groups is 2. The highest BCUT2D eigenvalue weighted by molar-refractivity contribution is 5.96. The van der Waals surface area contributed by atoms with Crippen molar-refractivity contribution in [2.24, 2.45) is 0 Å². The Morgan fingerprint density at radius 1 is 1.20 bits per heavy atom. The van der Waals surface area contributed by atoms with Crippen LogP contribution in [0.25, 0.3) is 0 Å². The second-order valence-electron chi connectivity index (χ2n) is 4.12. The van der Waals surface area contributed by atoms with E-state index in [1.807, 2.05) is 0 Å². The number of benzene rings is 1. The van der Waals surface area contributed by atoms with Crippen molar-refractivity contribution in [3.63, 3.8) is 0 Å². The Kier molecular flexibility index (Phi) is 4.33. The first-order valence-electron chi connectivity index (χ1n) is 6.04. The summed E-state index contributed by atoms with van der Waals surface area (Å²) in [7, 11) is 0. The van der Waals surface area contributed by atoms with E-state index in [4.69, 9.17) is 5.73 Å². The van der Waals surface area contributed by atoms with Gasteiger partial charge in [-0.3, -0.25) is 9.59 Å². The summed E-state index contributed by atoms with van der Waals surface area (Å²) in [6.45, 7) is 0.202. The van der Waals surface area contributed by atoms with E-state index in [1.54, 1.807) is 36.7 Å². The van der Waals surface area contributed by atoms with Crippen LogP contribution in [0.5, 0.6) is 0 Å². The maximum atomic E-state index is 11.7. The number of amides is 2. The van der Waals surface area contributed by atoms with Gasteiger partial charge in [-0.25, -0.2) is 4.98 Å². The minimum Gasteiger partial charge on any atom is -0.399 e. The van der Waals surface area contributed by atoms with Gasteiger partial charge >= 0.3 is 0 Å². The fourth-order valence-electron chi connectivity index (χ4n) is 1.54. The highest BCUT2D eigenvalue weighted by Crippen LogP contribution is 2.04. The number of aromatic amines is 1. The molecule has 1 aromatic heterocycles. The van der Waals surface area contributed by atoms with Crippen molar-refractivity contribution in [3.05, 3.63) is 48.0 Å². The fourth-order valence-corrected chi connectivity index (χ4v) is 1.54. The standard InChI is InChI=1S/C13H15N5O2/c14-10-3-1-9(2-4-10)13(20)18-8-12(19)17-7-11-15-5-6-16-11/h1-6H,7-8,14H2,(H,15,16)(H,17,19)(H,18,20). The van der Waals surface area contributed by atoms with E-state index in [-0.39, 0.29) is 18.4 Å². The predicted octanol–water partition coefficient (Wildman–Crippen LogP) is 0.0381. The average molecular weight is 273 g/mol. The molecule has 0 spiro atoms. The van der Waals surface area contributed by atoms with E-state index in [9.17, 15) is 9.59 Å². The molecule has 1 aromatic carbocycles. The SMILES string of the molecule is Nc1ccc(C(=O)NCC(=O)NCc2ncc[nH]2)cc1. The Balaban J connectivity index is 1.75. The molecule has 7 nitrogen and oxygen atoms in total. The summed E-state index contributed by atoms with van der Waals surface area (Å²) >= 11 is 0. The molecule has 0 saturated carbocycles. The Labute approximate surface area is 115 Å². The lowest BCUT2D eigenvalue weighted by Crippen LogP contribution is -2.36. The van der Waals surface area contributed by atoms with Gasteiger partial charge in [0.1, 0.15) is 5.82 Å². The van der Waals surface area contributed by atoms with Gasteiger partial charge in [-0.15, -0.1) is 0 Å². The highest BCUT2D eigenvalue weighted by atomic mass is 16.2. The molecule has 5 N–H and O–H groups in total. The van der Waals surface area contributed by atoms with Crippen LogP contribution in [-0.2, 0) is 11.3 Å². The topological polar surface area (TPSA) is 113 Å². The van der Waals surface area contributed by atoms with Crippen LogP contribution >= 0.6 is 0 Å². The van der Waals surface area contributed by atoms with Crippen LogP contribution in [0.15, 0.2) is 36.7 Å². The molecule has 0 atom stereocenters. The zero-order valence-corrected chi connectivity index (χ0v) is 10.7.